The van der Waals surface area contributed by atoms with Crippen molar-refractivity contribution in [3.63, 3.8) is 0 Å². The van der Waals surface area contributed by atoms with Gasteiger partial charge in [0.05, 0.1) is 12.0 Å². The second kappa shape index (κ2) is 15.6. The molecule has 0 unspecified atom stereocenters. The fourth-order valence-corrected chi connectivity index (χ4v) is 5.81. The number of likely N-dealkylation sites (tertiary alicyclic amines) is 1. The van der Waals surface area contributed by atoms with Gasteiger partial charge in [0, 0.05) is 30.2 Å². The predicted molar refractivity (Wildman–Crippen MR) is 193 cm³/mol. The molecule has 5 aromatic rings. The molecule has 0 saturated carbocycles. The highest BCUT2D eigenvalue weighted by Crippen LogP contribution is 2.22. The van der Waals surface area contributed by atoms with E-state index in [0.29, 0.717) is 42.9 Å². The van der Waals surface area contributed by atoms with Gasteiger partial charge in [0.2, 0.25) is 11.8 Å². The van der Waals surface area contributed by atoms with Gasteiger partial charge in [-0.3, -0.25) is 14.4 Å². The number of carbonyl (C=O) groups is 3. The molecule has 1 heterocycles. The summed E-state index contributed by atoms with van der Waals surface area (Å²) in [5.41, 5.74) is 6.80. The molecule has 0 aromatic heterocycles. The van der Waals surface area contributed by atoms with E-state index in [4.69, 9.17) is 0 Å². The summed E-state index contributed by atoms with van der Waals surface area (Å²) in [6.07, 6.45) is 5.77. The normalized spacial score (nSPS) is 14.1. The van der Waals surface area contributed by atoms with Gasteiger partial charge in [-0.05, 0) is 71.5 Å². The lowest BCUT2D eigenvalue weighted by atomic mass is 10.1. The standard InChI is InChI=1S/C41H38N4O3/c46-39(28-32-10-3-1-4-11-32)45-27-9-16-38(45)41(48)44-35-25-21-31(22-26-35)18-17-30-19-23-34(24-20-30)43-40(47)36-14-7-8-15-37(36)42-29-33-12-5-2-6-13-33/h1-8,10-15,17-26,38,42H,9,16,27-29H2,(H,43,47)(H,44,48)/b18-17+/t38-/m0/s1. The second-order valence-electron chi connectivity index (χ2n) is 11.8. The lowest BCUT2D eigenvalue weighted by Crippen LogP contribution is -2.43. The minimum Gasteiger partial charge on any atom is -0.380 e. The lowest BCUT2D eigenvalue weighted by molar-refractivity contribution is -0.136. The maximum atomic E-state index is 13.1. The molecule has 1 aliphatic rings. The first kappa shape index (κ1) is 32.0. The Morgan fingerprint density at radius 3 is 1.85 bits per heavy atom. The second-order valence-corrected chi connectivity index (χ2v) is 11.8. The molecule has 240 valence electrons. The van der Waals surface area contributed by atoms with Crippen LogP contribution in [-0.4, -0.2) is 35.2 Å². The predicted octanol–water partition coefficient (Wildman–Crippen LogP) is 7.89. The van der Waals surface area contributed by atoms with Crippen molar-refractivity contribution in [2.24, 2.45) is 0 Å². The van der Waals surface area contributed by atoms with E-state index in [0.717, 1.165) is 34.4 Å². The molecule has 7 nitrogen and oxygen atoms in total. The molecule has 5 aromatic carbocycles. The van der Waals surface area contributed by atoms with Gasteiger partial charge < -0.3 is 20.9 Å². The minimum atomic E-state index is -0.459. The average Bonchev–Trinajstić information content (AvgIpc) is 3.63. The maximum absolute atomic E-state index is 13.1. The highest BCUT2D eigenvalue weighted by atomic mass is 16.2. The van der Waals surface area contributed by atoms with Crippen molar-refractivity contribution >= 4 is 46.9 Å². The molecule has 0 bridgehead atoms. The van der Waals surface area contributed by atoms with Crippen LogP contribution in [0.4, 0.5) is 17.1 Å². The van der Waals surface area contributed by atoms with E-state index >= 15 is 0 Å². The summed E-state index contributed by atoms with van der Waals surface area (Å²) in [6.45, 7) is 1.22. The SMILES string of the molecule is O=C(Nc1ccc(/C=C/c2ccc(NC(=O)[C@@H]3CCCN3C(=O)Cc3ccccc3)cc2)cc1)c1ccccc1NCc1ccccc1. The Kier molecular flexibility index (Phi) is 10.4. The number of amides is 3. The van der Waals surface area contributed by atoms with Crippen molar-refractivity contribution in [2.75, 3.05) is 22.5 Å². The third-order valence-electron chi connectivity index (χ3n) is 8.39. The molecule has 1 saturated heterocycles. The van der Waals surface area contributed by atoms with Gasteiger partial charge in [-0.15, -0.1) is 0 Å². The van der Waals surface area contributed by atoms with E-state index in [-0.39, 0.29) is 17.7 Å². The Bertz CT molecular complexity index is 1870. The molecular formula is C41H38N4O3. The molecule has 3 N–H and O–H groups in total. The summed E-state index contributed by atoms with van der Waals surface area (Å²) < 4.78 is 0. The third kappa shape index (κ3) is 8.44. The number of benzene rings is 5. The first-order valence-corrected chi connectivity index (χ1v) is 16.2. The number of nitrogens with zero attached hydrogens (tertiary/aromatic N) is 1. The van der Waals surface area contributed by atoms with Gasteiger partial charge in [0.25, 0.3) is 5.91 Å². The molecule has 1 fully saturated rings. The van der Waals surface area contributed by atoms with Crippen molar-refractivity contribution in [1.29, 1.82) is 0 Å². The molecule has 0 spiro atoms. The van der Waals surface area contributed by atoms with Crippen LogP contribution in [0.1, 0.15) is 45.5 Å². The zero-order valence-electron chi connectivity index (χ0n) is 26.6. The molecule has 0 radical (unpaired) electrons. The Morgan fingerprint density at radius 1 is 0.646 bits per heavy atom. The van der Waals surface area contributed by atoms with Crippen molar-refractivity contribution in [1.82, 2.24) is 4.90 Å². The third-order valence-corrected chi connectivity index (χ3v) is 8.39. The fourth-order valence-electron chi connectivity index (χ4n) is 5.81. The van der Waals surface area contributed by atoms with Crippen LogP contribution in [-0.2, 0) is 22.6 Å². The topological polar surface area (TPSA) is 90.5 Å². The lowest BCUT2D eigenvalue weighted by Gasteiger charge is -2.24. The van der Waals surface area contributed by atoms with Crippen LogP contribution in [0.3, 0.4) is 0 Å². The van der Waals surface area contributed by atoms with E-state index in [1.165, 1.54) is 0 Å². The summed E-state index contributed by atoms with van der Waals surface area (Å²) in [6, 6.07) is 42.0. The molecule has 6 rings (SSSR count). The minimum absolute atomic E-state index is 0.0214. The Hall–Kier alpha value is -5.95. The van der Waals surface area contributed by atoms with Crippen LogP contribution in [0.2, 0.25) is 0 Å². The zero-order valence-corrected chi connectivity index (χ0v) is 26.6. The van der Waals surface area contributed by atoms with Gasteiger partial charge in [0.1, 0.15) is 6.04 Å². The summed E-state index contributed by atoms with van der Waals surface area (Å²) >= 11 is 0. The van der Waals surface area contributed by atoms with Crippen LogP contribution in [0.25, 0.3) is 12.2 Å². The number of hydrogen-bond acceptors (Lipinski definition) is 4. The van der Waals surface area contributed by atoms with Gasteiger partial charge in [-0.25, -0.2) is 0 Å². The highest BCUT2D eigenvalue weighted by molar-refractivity contribution is 6.08. The smallest absolute Gasteiger partial charge is 0.257 e. The monoisotopic (exact) mass is 634 g/mol. The van der Waals surface area contributed by atoms with Gasteiger partial charge in [-0.1, -0.05) is 109 Å². The van der Waals surface area contributed by atoms with E-state index in [1.807, 2.05) is 146 Å². The molecule has 0 aliphatic carbocycles. The fraction of sp³-hybridized carbons (Fsp3) is 0.146. The maximum Gasteiger partial charge on any atom is 0.257 e. The van der Waals surface area contributed by atoms with Crippen molar-refractivity contribution in [2.45, 2.75) is 31.8 Å². The Balaban J connectivity index is 1.00. The summed E-state index contributed by atoms with van der Waals surface area (Å²) in [5, 5.41) is 9.36. The number of para-hydroxylation sites is 1. The van der Waals surface area contributed by atoms with Gasteiger partial charge in [-0.2, -0.15) is 0 Å². The number of rotatable bonds is 11. The number of nitrogens with one attached hydrogen (secondary N) is 3. The summed E-state index contributed by atoms with van der Waals surface area (Å²) in [4.78, 5) is 40.9. The van der Waals surface area contributed by atoms with Crippen LogP contribution in [0, 0.1) is 0 Å². The first-order valence-electron chi connectivity index (χ1n) is 16.2. The van der Waals surface area contributed by atoms with E-state index in [1.54, 1.807) is 4.90 Å². The number of hydrogen-bond donors (Lipinski definition) is 3. The van der Waals surface area contributed by atoms with Gasteiger partial charge in [0.15, 0.2) is 0 Å². The van der Waals surface area contributed by atoms with Crippen LogP contribution < -0.4 is 16.0 Å². The molecule has 48 heavy (non-hydrogen) atoms. The first-order chi connectivity index (χ1) is 23.5. The van der Waals surface area contributed by atoms with Crippen LogP contribution in [0.5, 0.6) is 0 Å². The summed E-state index contributed by atoms with van der Waals surface area (Å²) in [7, 11) is 0. The Labute approximate surface area is 281 Å². The molecule has 3 amide bonds. The van der Waals surface area contributed by atoms with Crippen LogP contribution >= 0.6 is 0 Å². The highest BCUT2D eigenvalue weighted by Gasteiger charge is 2.33. The van der Waals surface area contributed by atoms with Crippen molar-refractivity contribution in [3.05, 3.63) is 161 Å². The van der Waals surface area contributed by atoms with Crippen LogP contribution in [0.15, 0.2) is 133 Å². The molecule has 1 atom stereocenters. The van der Waals surface area contributed by atoms with Gasteiger partial charge >= 0.3 is 0 Å². The molecular weight excluding hydrogens is 596 g/mol. The Morgan fingerprint density at radius 2 is 1.21 bits per heavy atom. The molecule has 7 heteroatoms. The van der Waals surface area contributed by atoms with Crippen molar-refractivity contribution < 1.29 is 14.4 Å². The number of anilines is 3. The largest absolute Gasteiger partial charge is 0.380 e. The quantitative estimate of drug-likeness (QED) is 0.129. The van der Waals surface area contributed by atoms with E-state index in [2.05, 4.69) is 16.0 Å². The molecule has 1 aliphatic heterocycles. The van der Waals surface area contributed by atoms with E-state index < -0.39 is 6.04 Å². The van der Waals surface area contributed by atoms with E-state index in [9.17, 15) is 14.4 Å². The number of carbonyl (C=O) groups excluding carboxylic acids is 3. The average molecular weight is 635 g/mol. The van der Waals surface area contributed by atoms with Crippen molar-refractivity contribution in [3.8, 4) is 0 Å². The zero-order chi connectivity index (χ0) is 33.1. The summed E-state index contributed by atoms with van der Waals surface area (Å²) in [5.74, 6) is -0.357.